The van der Waals surface area contributed by atoms with Crippen LogP contribution in [0.4, 0.5) is 0 Å². The number of nitrogens with one attached hydrogen (secondary N) is 2. The standard InChI is InChI=1S/C17H26N4OS.HI/c1-6-12-7-8-13(23-12)9-20-16(18-5)21-11-15-19-10-14(22-15)17(2,3)4;/h7-8,10H,6,9,11H2,1-5H3,(H2,18,20,21);1H. The molecule has 5 nitrogen and oxygen atoms in total. The quantitative estimate of drug-likeness (QED) is 0.400. The van der Waals surface area contributed by atoms with Gasteiger partial charge in [-0.2, -0.15) is 0 Å². The van der Waals surface area contributed by atoms with Crippen LogP contribution in [0.15, 0.2) is 27.7 Å². The Balaban J connectivity index is 0.00000288. The highest BCUT2D eigenvalue weighted by atomic mass is 127. The highest BCUT2D eigenvalue weighted by molar-refractivity contribution is 14.0. The summed E-state index contributed by atoms with van der Waals surface area (Å²) >= 11 is 1.83. The first-order valence-corrected chi connectivity index (χ1v) is 8.71. The largest absolute Gasteiger partial charge is 0.443 e. The van der Waals surface area contributed by atoms with E-state index in [9.17, 15) is 0 Å². The van der Waals surface area contributed by atoms with Crippen molar-refractivity contribution in [3.8, 4) is 0 Å². The molecule has 0 radical (unpaired) electrons. The Bertz CT molecular complexity index is 658. The lowest BCUT2D eigenvalue weighted by Gasteiger charge is -2.13. The molecule has 2 heterocycles. The minimum atomic E-state index is -0.0265. The van der Waals surface area contributed by atoms with Gasteiger partial charge in [0.2, 0.25) is 5.89 Å². The maximum absolute atomic E-state index is 5.77. The third kappa shape index (κ3) is 6.08. The van der Waals surface area contributed by atoms with Crippen LogP contribution in [0.3, 0.4) is 0 Å². The minimum absolute atomic E-state index is 0. The zero-order valence-corrected chi connectivity index (χ0v) is 18.1. The van der Waals surface area contributed by atoms with Crippen LogP contribution >= 0.6 is 35.3 Å². The summed E-state index contributed by atoms with van der Waals surface area (Å²) in [4.78, 5) is 11.2. The summed E-state index contributed by atoms with van der Waals surface area (Å²) < 4.78 is 5.77. The molecule has 2 N–H and O–H groups in total. The molecule has 0 saturated heterocycles. The average Bonchev–Trinajstić information content (AvgIpc) is 3.15. The second-order valence-corrected chi connectivity index (χ2v) is 7.62. The molecule has 0 aliphatic heterocycles. The van der Waals surface area contributed by atoms with Crippen LogP contribution in [-0.2, 0) is 24.9 Å². The lowest BCUT2D eigenvalue weighted by molar-refractivity contribution is 0.379. The molecule has 0 fully saturated rings. The summed E-state index contributed by atoms with van der Waals surface area (Å²) in [5.74, 6) is 2.30. The van der Waals surface area contributed by atoms with Crippen LogP contribution in [0, 0.1) is 0 Å². The molecule has 0 aliphatic carbocycles. The fourth-order valence-corrected chi connectivity index (χ4v) is 2.89. The number of aryl methyl sites for hydroxylation is 1. The number of halogens is 1. The average molecular weight is 462 g/mol. The molecule has 0 spiro atoms. The lowest BCUT2D eigenvalue weighted by Crippen LogP contribution is -2.36. The van der Waals surface area contributed by atoms with Crippen molar-refractivity contribution in [1.82, 2.24) is 15.6 Å². The Morgan fingerprint density at radius 3 is 2.42 bits per heavy atom. The van der Waals surface area contributed by atoms with Gasteiger partial charge in [0.25, 0.3) is 0 Å². The van der Waals surface area contributed by atoms with Crippen molar-refractivity contribution in [2.45, 2.75) is 52.6 Å². The molecule has 134 valence electrons. The highest BCUT2D eigenvalue weighted by Gasteiger charge is 2.19. The van der Waals surface area contributed by atoms with E-state index in [1.54, 1.807) is 13.2 Å². The Labute approximate surface area is 165 Å². The maximum atomic E-state index is 5.77. The molecule has 0 amide bonds. The van der Waals surface area contributed by atoms with Gasteiger partial charge in [-0.25, -0.2) is 4.98 Å². The minimum Gasteiger partial charge on any atom is -0.443 e. The first-order chi connectivity index (χ1) is 10.9. The SMILES string of the molecule is CCc1ccc(CNC(=NC)NCc2ncc(C(C)(C)C)o2)s1.I. The fraction of sp³-hybridized carbons (Fsp3) is 0.529. The number of hydrogen-bond acceptors (Lipinski definition) is 4. The monoisotopic (exact) mass is 462 g/mol. The molecule has 2 aromatic heterocycles. The molecule has 0 aromatic carbocycles. The number of oxazole rings is 1. The smallest absolute Gasteiger partial charge is 0.213 e. The van der Waals surface area contributed by atoms with Crippen molar-refractivity contribution in [2.24, 2.45) is 4.99 Å². The van der Waals surface area contributed by atoms with Gasteiger partial charge in [0.1, 0.15) is 5.76 Å². The Morgan fingerprint density at radius 1 is 1.21 bits per heavy atom. The Kier molecular flexibility index (Phi) is 8.21. The highest BCUT2D eigenvalue weighted by Crippen LogP contribution is 2.22. The van der Waals surface area contributed by atoms with Crippen molar-refractivity contribution in [1.29, 1.82) is 0 Å². The van der Waals surface area contributed by atoms with Gasteiger partial charge < -0.3 is 15.1 Å². The summed E-state index contributed by atoms with van der Waals surface area (Å²) in [7, 11) is 1.76. The van der Waals surface area contributed by atoms with Gasteiger partial charge in [-0.15, -0.1) is 35.3 Å². The number of guanidine groups is 1. The van der Waals surface area contributed by atoms with E-state index in [0.29, 0.717) is 12.4 Å². The first kappa shape index (κ1) is 21.0. The number of hydrogen-bond donors (Lipinski definition) is 2. The summed E-state index contributed by atoms with van der Waals surface area (Å²) in [5.41, 5.74) is -0.0265. The van der Waals surface area contributed by atoms with E-state index in [1.807, 2.05) is 11.3 Å². The molecule has 0 atom stereocenters. The van der Waals surface area contributed by atoms with Crippen molar-refractivity contribution >= 4 is 41.3 Å². The molecule has 0 unspecified atom stereocenters. The third-order valence-electron chi connectivity index (χ3n) is 3.42. The maximum Gasteiger partial charge on any atom is 0.213 e. The van der Waals surface area contributed by atoms with Crippen LogP contribution < -0.4 is 10.6 Å². The molecule has 2 rings (SSSR count). The van der Waals surface area contributed by atoms with Crippen LogP contribution in [0.25, 0.3) is 0 Å². The molecular weight excluding hydrogens is 435 g/mol. The van der Waals surface area contributed by atoms with Gasteiger partial charge in [-0.1, -0.05) is 27.7 Å². The van der Waals surface area contributed by atoms with E-state index in [2.05, 4.69) is 60.4 Å². The normalized spacial score (nSPS) is 12.0. The van der Waals surface area contributed by atoms with E-state index in [0.717, 1.165) is 24.7 Å². The zero-order chi connectivity index (χ0) is 16.9. The van der Waals surface area contributed by atoms with E-state index in [-0.39, 0.29) is 29.4 Å². The van der Waals surface area contributed by atoms with Gasteiger partial charge in [-0.3, -0.25) is 4.99 Å². The third-order valence-corrected chi connectivity index (χ3v) is 4.65. The summed E-state index contributed by atoms with van der Waals surface area (Å²) in [6.45, 7) is 9.78. The van der Waals surface area contributed by atoms with Crippen molar-refractivity contribution in [3.63, 3.8) is 0 Å². The summed E-state index contributed by atoms with van der Waals surface area (Å²) in [5, 5.41) is 6.54. The number of rotatable bonds is 5. The van der Waals surface area contributed by atoms with Gasteiger partial charge in [0, 0.05) is 22.2 Å². The van der Waals surface area contributed by atoms with E-state index in [1.165, 1.54) is 9.75 Å². The van der Waals surface area contributed by atoms with E-state index >= 15 is 0 Å². The van der Waals surface area contributed by atoms with Crippen LogP contribution in [0.2, 0.25) is 0 Å². The van der Waals surface area contributed by atoms with Crippen molar-refractivity contribution < 1.29 is 4.42 Å². The van der Waals surface area contributed by atoms with Gasteiger partial charge in [-0.05, 0) is 18.6 Å². The van der Waals surface area contributed by atoms with Crippen molar-refractivity contribution in [2.75, 3.05) is 7.05 Å². The first-order valence-electron chi connectivity index (χ1n) is 7.89. The number of thiophene rings is 1. The second-order valence-electron chi connectivity index (χ2n) is 6.37. The van der Waals surface area contributed by atoms with E-state index < -0.39 is 0 Å². The summed E-state index contributed by atoms with van der Waals surface area (Å²) in [6, 6.07) is 4.34. The Morgan fingerprint density at radius 2 is 1.88 bits per heavy atom. The number of nitrogens with zero attached hydrogens (tertiary/aromatic N) is 2. The lowest BCUT2D eigenvalue weighted by atomic mass is 9.94. The van der Waals surface area contributed by atoms with Crippen LogP contribution in [0.5, 0.6) is 0 Å². The van der Waals surface area contributed by atoms with Crippen LogP contribution in [-0.4, -0.2) is 18.0 Å². The molecule has 0 bridgehead atoms. The Hall–Kier alpha value is -1.09. The molecule has 0 saturated carbocycles. The topological polar surface area (TPSA) is 62.5 Å². The zero-order valence-electron chi connectivity index (χ0n) is 15.0. The van der Waals surface area contributed by atoms with Gasteiger partial charge >= 0.3 is 0 Å². The van der Waals surface area contributed by atoms with Crippen LogP contribution in [0.1, 0.15) is 49.1 Å². The molecule has 24 heavy (non-hydrogen) atoms. The van der Waals surface area contributed by atoms with Gasteiger partial charge in [0.05, 0.1) is 19.3 Å². The molecule has 0 aliphatic rings. The second kappa shape index (κ2) is 9.41. The molecule has 7 heteroatoms. The van der Waals surface area contributed by atoms with Crippen molar-refractivity contribution in [3.05, 3.63) is 39.7 Å². The summed E-state index contributed by atoms with van der Waals surface area (Å²) in [6.07, 6.45) is 2.88. The molecular formula is C17H27IN4OS. The molecule has 2 aromatic rings. The predicted octanol–water partition coefficient (Wildman–Crippen LogP) is 4.08. The predicted molar refractivity (Wildman–Crippen MR) is 111 cm³/mol. The number of aliphatic imine (C=N–C) groups is 1. The number of aromatic nitrogens is 1. The van der Waals surface area contributed by atoms with Gasteiger partial charge in [0.15, 0.2) is 5.96 Å². The fourth-order valence-electron chi connectivity index (χ4n) is 2.00. The van der Waals surface area contributed by atoms with E-state index in [4.69, 9.17) is 4.42 Å².